The molecule has 1 aliphatic heterocycles. The molecule has 4 rings (SSSR count). The second-order valence-corrected chi connectivity index (χ2v) is 13.4. The molecule has 3 heteroatoms. The molecule has 0 saturated carbocycles. The maximum absolute atomic E-state index is 14.9. The SMILES string of the molecule is CCCCC[Si]1CCC(c2ccc(CCc3ccc(-c4ccc(OCCC)cc4)c(F)c3)cc2)CC1. The van der Waals surface area contributed by atoms with Crippen molar-refractivity contribution in [1.82, 2.24) is 0 Å². The highest BCUT2D eigenvalue weighted by Gasteiger charge is 2.23. The van der Waals surface area contributed by atoms with Crippen molar-refractivity contribution in [3.63, 3.8) is 0 Å². The molecule has 3 aromatic rings. The summed E-state index contributed by atoms with van der Waals surface area (Å²) in [5.74, 6) is 1.44. The Morgan fingerprint density at radius 1 is 0.806 bits per heavy atom. The first kappa shape index (κ1) is 26.7. The summed E-state index contributed by atoms with van der Waals surface area (Å²) in [4.78, 5) is 0. The molecule has 36 heavy (non-hydrogen) atoms. The van der Waals surface area contributed by atoms with E-state index in [0.717, 1.165) is 42.1 Å². The standard InChI is InChI=1S/C33H42FOSi/c1-3-5-6-22-36-23-19-29(20-24-36)28-12-9-26(10-13-28)7-8-27-11-18-32(33(34)25-27)30-14-16-31(17-15-30)35-21-4-2/h9-18,25,29H,3-8,19-24H2,1-2H3. The molecule has 0 aromatic heterocycles. The van der Waals surface area contributed by atoms with Crippen molar-refractivity contribution in [2.75, 3.05) is 6.61 Å². The maximum atomic E-state index is 14.9. The van der Waals surface area contributed by atoms with Crippen LogP contribution in [-0.2, 0) is 12.8 Å². The van der Waals surface area contributed by atoms with Crippen LogP contribution < -0.4 is 4.74 Å². The van der Waals surface area contributed by atoms with Gasteiger partial charge in [-0.1, -0.05) is 99.8 Å². The van der Waals surface area contributed by atoms with Gasteiger partial charge in [-0.15, -0.1) is 0 Å². The molecule has 0 N–H and O–H groups in total. The van der Waals surface area contributed by atoms with Crippen molar-refractivity contribution >= 4 is 8.80 Å². The van der Waals surface area contributed by atoms with Crippen molar-refractivity contribution in [3.05, 3.63) is 89.2 Å². The molecule has 1 fully saturated rings. The average molecular weight is 502 g/mol. The fourth-order valence-electron chi connectivity index (χ4n) is 5.38. The van der Waals surface area contributed by atoms with Gasteiger partial charge in [0, 0.05) is 14.4 Å². The van der Waals surface area contributed by atoms with Gasteiger partial charge in [0.1, 0.15) is 11.6 Å². The highest BCUT2D eigenvalue weighted by atomic mass is 28.3. The van der Waals surface area contributed by atoms with Crippen molar-refractivity contribution in [1.29, 1.82) is 0 Å². The van der Waals surface area contributed by atoms with Gasteiger partial charge in [-0.05, 0) is 78.5 Å². The molecule has 1 radical (unpaired) electrons. The van der Waals surface area contributed by atoms with Gasteiger partial charge in [0.05, 0.1) is 6.61 Å². The lowest BCUT2D eigenvalue weighted by molar-refractivity contribution is 0.317. The van der Waals surface area contributed by atoms with Crippen molar-refractivity contribution < 1.29 is 9.13 Å². The van der Waals surface area contributed by atoms with Crippen LogP contribution in [0.25, 0.3) is 11.1 Å². The van der Waals surface area contributed by atoms with Crippen LogP contribution in [0.3, 0.4) is 0 Å². The number of hydrogen-bond acceptors (Lipinski definition) is 1. The molecule has 1 saturated heterocycles. The van der Waals surface area contributed by atoms with E-state index < -0.39 is 0 Å². The molecule has 1 aliphatic rings. The zero-order chi connectivity index (χ0) is 25.2. The Bertz CT molecular complexity index is 1050. The summed E-state index contributed by atoms with van der Waals surface area (Å²) in [7, 11) is -0.0728. The molecule has 191 valence electrons. The molecule has 0 bridgehead atoms. The number of unbranched alkanes of at least 4 members (excludes halogenated alkanes) is 2. The Labute approximate surface area is 219 Å². The van der Waals surface area contributed by atoms with Crippen LogP contribution in [0.2, 0.25) is 18.1 Å². The summed E-state index contributed by atoms with van der Waals surface area (Å²) in [6, 6.07) is 27.2. The third-order valence-electron chi connectivity index (χ3n) is 7.65. The molecule has 0 atom stereocenters. The highest BCUT2D eigenvalue weighted by molar-refractivity contribution is 6.59. The third kappa shape index (κ3) is 7.55. The van der Waals surface area contributed by atoms with Gasteiger partial charge < -0.3 is 4.74 Å². The molecule has 1 heterocycles. The average Bonchev–Trinajstić information content (AvgIpc) is 2.92. The lowest BCUT2D eigenvalue weighted by atomic mass is 9.92. The molecule has 0 aliphatic carbocycles. The van der Waals surface area contributed by atoms with E-state index in [1.54, 1.807) is 6.07 Å². The summed E-state index contributed by atoms with van der Waals surface area (Å²) >= 11 is 0. The van der Waals surface area contributed by atoms with Crippen LogP contribution in [0.4, 0.5) is 4.39 Å². The number of benzene rings is 3. The van der Waals surface area contributed by atoms with E-state index in [1.807, 2.05) is 30.3 Å². The topological polar surface area (TPSA) is 9.23 Å². The predicted molar refractivity (Wildman–Crippen MR) is 153 cm³/mol. The highest BCUT2D eigenvalue weighted by Crippen LogP contribution is 2.35. The Balaban J connectivity index is 1.27. The third-order valence-corrected chi connectivity index (χ3v) is 10.7. The van der Waals surface area contributed by atoms with Crippen molar-refractivity contribution in [2.45, 2.75) is 89.3 Å². The normalized spacial score (nSPS) is 14.8. The molecule has 1 nitrogen and oxygen atoms in total. The Morgan fingerprint density at radius 3 is 2.17 bits per heavy atom. The fraction of sp³-hybridized carbons (Fsp3) is 0.455. The lowest BCUT2D eigenvalue weighted by Gasteiger charge is -2.28. The van der Waals surface area contributed by atoms with E-state index in [-0.39, 0.29) is 14.6 Å². The first-order chi connectivity index (χ1) is 17.7. The molecule has 0 spiro atoms. The molecule has 0 amide bonds. The summed E-state index contributed by atoms with van der Waals surface area (Å²) in [6.07, 6.45) is 9.76. The second-order valence-electron chi connectivity index (χ2n) is 10.4. The first-order valence-electron chi connectivity index (χ1n) is 14.1. The molecule has 0 unspecified atom stereocenters. The van der Waals surface area contributed by atoms with Gasteiger partial charge in [0.2, 0.25) is 0 Å². The molecular weight excluding hydrogens is 459 g/mol. The predicted octanol–water partition coefficient (Wildman–Crippen LogP) is 9.63. The van der Waals surface area contributed by atoms with Gasteiger partial charge in [0.25, 0.3) is 0 Å². The van der Waals surface area contributed by atoms with Gasteiger partial charge in [0.15, 0.2) is 0 Å². The largest absolute Gasteiger partial charge is 0.494 e. The van der Waals surface area contributed by atoms with E-state index in [2.05, 4.69) is 44.2 Å². The summed E-state index contributed by atoms with van der Waals surface area (Å²) in [5.41, 5.74) is 5.44. The zero-order valence-electron chi connectivity index (χ0n) is 22.2. The summed E-state index contributed by atoms with van der Waals surface area (Å²) in [6.45, 7) is 5.09. The van der Waals surface area contributed by atoms with Crippen LogP contribution in [0.1, 0.15) is 75.0 Å². The second kappa shape index (κ2) is 13.8. The lowest BCUT2D eigenvalue weighted by Crippen LogP contribution is -2.20. The number of hydrogen-bond donors (Lipinski definition) is 0. The van der Waals surface area contributed by atoms with Crippen LogP contribution in [-0.4, -0.2) is 15.4 Å². The minimum Gasteiger partial charge on any atom is -0.494 e. The Kier molecular flexibility index (Phi) is 10.2. The van der Waals surface area contributed by atoms with Crippen LogP contribution in [0.5, 0.6) is 5.75 Å². The number of ether oxygens (including phenoxy) is 1. The van der Waals surface area contributed by atoms with Crippen LogP contribution in [0, 0.1) is 5.82 Å². The Hall–Kier alpha value is -2.39. The van der Waals surface area contributed by atoms with Gasteiger partial charge >= 0.3 is 0 Å². The smallest absolute Gasteiger partial charge is 0.131 e. The van der Waals surface area contributed by atoms with Crippen molar-refractivity contribution in [3.8, 4) is 16.9 Å². The van der Waals surface area contributed by atoms with Crippen molar-refractivity contribution in [2.24, 2.45) is 0 Å². The van der Waals surface area contributed by atoms with Crippen LogP contribution >= 0.6 is 0 Å². The molecule has 3 aromatic carbocycles. The summed E-state index contributed by atoms with van der Waals surface area (Å²) < 4.78 is 20.5. The number of rotatable bonds is 12. The molecular formula is C33H42FOSi. The van der Waals surface area contributed by atoms with Gasteiger partial charge in [-0.25, -0.2) is 4.39 Å². The maximum Gasteiger partial charge on any atom is 0.131 e. The summed E-state index contributed by atoms with van der Waals surface area (Å²) in [5, 5.41) is 0. The minimum absolute atomic E-state index is 0.0728. The number of halogens is 1. The number of aryl methyl sites for hydroxylation is 2. The Morgan fingerprint density at radius 2 is 1.50 bits per heavy atom. The monoisotopic (exact) mass is 501 g/mol. The van der Waals surface area contributed by atoms with E-state index in [4.69, 9.17) is 4.74 Å². The minimum atomic E-state index is -0.155. The van der Waals surface area contributed by atoms with E-state index in [1.165, 1.54) is 61.4 Å². The quantitative estimate of drug-likeness (QED) is 0.177. The van der Waals surface area contributed by atoms with Gasteiger partial charge in [-0.3, -0.25) is 0 Å². The zero-order valence-corrected chi connectivity index (χ0v) is 23.2. The van der Waals surface area contributed by atoms with E-state index in [0.29, 0.717) is 12.2 Å². The fourth-order valence-corrected chi connectivity index (χ4v) is 8.39. The van der Waals surface area contributed by atoms with Gasteiger partial charge in [-0.2, -0.15) is 0 Å². The first-order valence-corrected chi connectivity index (χ1v) is 16.2. The van der Waals surface area contributed by atoms with E-state index >= 15 is 0 Å². The van der Waals surface area contributed by atoms with E-state index in [9.17, 15) is 4.39 Å². The van der Waals surface area contributed by atoms with Crippen LogP contribution in [0.15, 0.2) is 66.7 Å².